The topological polar surface area (TPSA) is 47.3 Å². The third-order valence-electron chi connectivity index (χ3n) is 2.45. The van der Waals surface area contributed by atoms with Gasteiger partial charge >= 0.3 is 0 Å². The molecule has 0 aliphatic carbocycles. The fraction of sp³-hybridized carbons (Fsp3) is 0.143. The number of rotatable bonds is 4. The van der Waals surface area contributed by atoms with E-state index >= 15 is 0 Å². The summed E-state index contributed by atoms with van der Waals surface area (Å²) in [4.78, 5) is 0. The van der Waals surface area contributed by atoms with Crippen molar-refractivity contribution in [3.05, 3.63) is 48.3 Å². The lowest BCUT2D eigenvalue weighted by atomic mass is 10.2. The predicted molar refractivity (Wildman–Crippen MR) is 71.7 cm³/mol. The van der Waals surface area contributed by atoms with E-state index in [1.807, 2.05) is 19.1 Å². The number of ether oxygens (including phenoxy) is 1. The molecule has 0 saturated carbocycles. The Morgan fingerprint density at radius 2 is 1.78 bits per heavy atom. The summed E-state index contributed by atoms with van der Waals surface area (Å²) in [6.07, 6.45) is 0. The first-order chi connectivity index (χ1) is 8.69. The van der Waals surface area contributed by atoms with Gasteiger partial charge < -0.3 is 15.8 Å². The zero-order valence-corrected chi connectivity index (χ0v) is 10.1. The van der Waals surface area contributed by atoms with Crippen LogP contribution in [-0.2, 0) is 0 Å². The predicted octanol–water partition coefficient (Wildman–Crippen LogP) is 3.55. The Kier molecular flexibility index (Phi) is 3.67. The Hall–Kier alpha value is -2.23. The van der Waals surface area contributed by atoms with Gasteiger partial charge in [-0.1, -0.05) is 0 Å². The number of nitrogens with two attached hydrogens (primary N) is 1. The molecule has 18 heavy (non-hydrogen) atoms. The first-order valence-corrected chi connectivity index (χ1v) is 5.74. The summed E-state index contributed by atoms with van der Waals surface area (Å²) in [6.45, 7) is 2.46. The van der Waals surface area contributed by atoms with Gasteiger partial charge in [0.2, 0.25) is 0 Å². The van der Waals surface area contributed by atoms with Crippen LogP contribution in [-0.4, -0.2) is 6.61 Å². The zero-order valence-electron chi connectivity index (χ0n) is 10.1. The van der Waals surface area contributed by atoms with Crippen molar-refractivity contribution in [2.75, 3.05) is 17.7 Å². The van der Waals surface area contributed by atoms with Crippen LogP contribution in [0.3, 0.4) is 0 Å². The van der Waals surface area contributed by atoms with Crippen LogP contribution in [0.5, 0.6) is 5.75 Å². The first-order valence-electron chi connectivity index (χ1n) is 5.74. The third kappa shape index (κ3) is 2.91. The van der Waals surface area contributed by atoms with Gasteiger partial charge in [-0.15, -0.1) is 0 Å². The minimum Gasteiger partial charge on any atom is -0.492 e. The highest BCUT2D eigenvalue weighted by Gasteiger charge is 2.02. The number of halogens is 1. The fourth-order valence-electron chi connectivity index (χ4n) is 1.59. The molecular weight excluding hydrogens is 231 g/mol. The normalized spacial score (nSPS) is 10.1. The second kappa shape index (κ2) is 5.40. The smallest absolute Gasteiger partial charge is 0.144 e. The Morgan fingerprint density at radius 1 is 1.11 bits per heavy atom. The molecule has 0 radical (unpaired) electrons. The van der Waals surface area contributed by atoms with Crippen molar-refractivity contribution >= 4 is 17.1 Å². The van der Waals surface area contributed by atoms with Gasteiger partial charge in [-0.05, 0) is 43.3 Å². The van der Waals surface area contributed by atoms with Crippen molar-refractivity contribution in [2.24, 2.45) is 0 Å². The molecule has 0 heterocycles. The molecule has 0 bridgehead atoms. The minimum absolute atomic E-state index is 0.257. The number of anilines is 3. The molecule has 94 valence electrons. The van der Waals surface area contributed by atoms with E-state index < -0.39 is 0 Å². The summed E-state index contributed by atoms with van der Waals surface area (Å²) in [5.74, 6) is 0.387. The van der Waals surface area contributed by atoms with Crippen molar-refractivity contribution in [3.63, 3.8) is 0 Å². The summed E-state index contributed by atoms with van der Waals surface area (Å²) in [7, 11) is 0. The maximum atomic E-state index is 12.8. The summed E-state index contributed by atoms with van der Waals surface area (Å²) in [5.41, 5.74) is 8.04. The molecule has 2 aromatic carbocycles. The summed E-state index contributed by atoms with van der Waals surface area (Å²) in [5, 5.41) is 3.15. The molecule has 0 aliphatic rings. The van der Waals surface area contributed by atoms with E-state index in [0.29, 0.717) is 18.0 Å². The second-order valence-corrected chi connectivity index (χ2v) is 3.82. The molecule has 2 rings (SSSR count). The number of hydrogen-bond donors (Lipinski definition) is 2. The molecule has 3 N–H and O–H groups in total. The molecule has 0 atom stereocenters. The summed E-state index contributed by atoms with van der Waals surface area (Å²) >= 11 is 0. The first kappa shape index (κ1) is 12.2. The molecule has 2 aromatic rings. The van der Waals surface area contributed by atoms with E-state index in [2.05, 4.69) is 5.32 Å². The van der Waals surface area contributed by atoms with Crippen LogP contribution in [0.25, 0.3) is 0 Å². The molecule has 0 aliphatic heterocycles. The SMILES string of the molecule is CCOc1cc(Nc2ccc(F)cc2)ccc1N. The fourth-order valence-corrected chi connectivity index (χ4v) is 1.59. The van der Waals surface area contributed by atoms with Gasteiger partial charge in [0, 0.05) is 17.4 Å². The average Bonchev–Trinajstić information content (AvgIpc) is 2.37. The van der Waals surface area contributed by atoms with Crippen LogP contribution in [0.4, 0.5) is 21.5 Å². The van der Waals surface area contributed by atoms with Crippen molar-refractivity contribution in [1.82, 2.24) is 0 Å². The molecule has 0 amide bonds. The highest BCUT2D eigenvalue weighted by Crippen LogP contribution is 2.27. The lowest BCUT2D eigenvalue weighted by molar-refractivity contribution is 0.342. The van der Waals surface area contributed by atoms with Crippen LogP contribution in [0.1, 0.15) is 6.92 Å². The van der Waals surface area contributed by atoms with Crippen molar-refractivity contribution in [2.45, 2.75) is 6.92 Å². The van der Waals surface area contributed by atoms with Crippen LogP contribution < -0.4 is 15.8 Å². The van der Waals surface area contributed by atoms with Gasteiger partial charge in [-0.3, -0.25) is 0 Å². The standard InChI is InChI=1S/C14H15FN2O/c1-2-18-14-9-12(7-8-13(14)16)17-11-5-3-10(15)4-6-11/h3-9,17H,2,16H2,1H3. The molecular formula is C14H15FN2O. The quantitative estimate of drug-likeness (QED) is 0.811. The maximum absolute atomic E-state index is 12.8. The lowest BCUT2D eigenvalue weighted by Crippen LogP contribution is -1.98. The Morgan fingerprint density at radius 3 is 2.44 bits per heavy atom. The second-order valence-electron chi connectivity index (χ2n) is 3.82. The summed E-state index contributed by atoms with van der Waals surface area (Å²) in [6, 6.07) is 11.6. The van der Waals surface area contributed by atoms with Crippen molar-refractivity contribution in [3.8, 4) is 5.75 Å². The summed E-state index contributed by atoms with van der Waals surface area (Å²) < 4.78 is 18.2. The number of hydrogen-bond acceptors (Lipinski definition) is 3. The van der Waals surface area contributed by atoms with Crippen LogP contribution >= 0.6 is 0 Å². The number of benzene rings is 2. The highest BCUT2D eigenvalue weighted by atomic mass is 19.1. The lowest BCUT2D eigenvalue weighted by Gasteiger charge is -2.11. The molecule has 0 saturated heterocycles. The Labute approximate surface area is 105 Å². The minimum atomic E-state index is -0.257. The number of nitrogen functional groups attached to an aromatic ring is 1. The van der Waals surface area contributed by atoms with Gasteiger partial charge in [0.25, 0.3) is 0 Å². The van der Waals surface area contributed by atoms with Gasteiger partial charge in [0.1, 0.15) is 11.6 Å². The molecule has 3 nitrogen and oxygen atoms in total. The van der Waals surface area contributed by atoms with E-state index in [9.17, 15) is 4.39 Å². The average molecular weight is 246 g/mol. The van der Waals surface area contributed by atoms with Crippen LogP contribution in [0.2, 0.25) is 0 Å². The molecule has 0 fully saturated rings. The zero-order chi connectivity index (χ0) is 13.0. The molecule has 0 unspecified atom stereocenters. The van der Waals surface area contributed by atoms with E-state index in [-0.39, 0.29) is 5.82 Å². The van der Waals surface area contributed by atoms with Gasteiger partial charge in [-0.25, -0.2) is 4.39 Å². The van der Waals surface area contributed by atoms with E-state index in [4.69, 9.17) is 10.5 Å². The van der Waals surface area contributed by atoms with E-state index in [1.54, 1.807) is 18.2 Å². The van der Waals surface area contributed by atoms with E-state index in [1.165, 1.54) is 12.1 Å². The molecule has 0 aromatic heterocycles. The Bertz CT molecular complexity index is 526. The van der Waals surface area contributed by atoms with Crippen molar-refractivity contribution < 1.29 is 9.13 Å². The monoisotopic (exact) mass is 246 g/mol. The largest absolute Gasteiger partial charge is 0.492 e. The Balaban J connectivity index is 2.18. The van der Waals surface area contributed by atoms with Gasteiger partial charge in [-0.2, -0.15) is 0 Å². The van der Waals surface area contributed by atoms with Crippen LogP contribution in [0, 0.1) is 5.82 Å². The highest BCUT2D eigenvalue weighted by molar-refractivity contribution is 5.66. The third-order valence-corrected chi connectivity index (χ3v) is 2.45. The van der Waals surface area contributed by atoms with Gasteiger partial charge in [0.15, 0.2) is 0 Å². The van der Waals surface area contributed by atoms with E-state index in [0.717, 1.165) is 11.4 Å². The maximum Gasteiger partial charge on any atom is 0.144 e. The van der Waals surface area contributed by atoms with Gasteiger partial charge in [0.05, 0.1) is 12.3 Å². The molecule has 4 heteroatoms. The van der Waals surface area contributed by atoms with Crippen molar-refractivity contribution in [1.29, 1.82) is 0 Å². The molecule has 0 spiro atoms. The van der Waals surface area contributed by atoms with Crippen LogP contribution in [0.15, 0.2) is 42.5 Å². The number of nitrogens with one attached hydrogen (secondary N) is 1.